The van der Waals surface area contributed by atoms with Crippen LogP contribution in [0.25, 0.3) is 11.0 Å². The van der Waals surface area contributed by atoms with Crippen LogP contribution in [0.2, 0.25) is 0 Å². The summed E-state index contributed by atoms with van der Waals surface area (Å²) in [6, 6.07) is 2.79. The Morgan fingerprint density at radius 3 is 2.48 bits per heavy atom. The first-order valence-corrected chi connectivity index (χ1v) is 10.6. The van der Waals surface area contributed by atoms with Gasteiger partial charge in [0.05, 0.1) is 16.4 Å². The van der Waals surface area contributed by atoms with Crippen LogP contribution in [0.4, 0.5) is 15.8 Å². The number of non-ortho nitro benzene ring substituents is 1. The summed E-state index contributed by atoms with van der Waals surface area (Å²) in [6.45, 7) is 5.58. The highest BCUT2D eigenvalue weighted by Gasteiger charge is 2.24. The average molecular weight is 476 g/mol. The van der Waals surface area contributed by atoms with Gasteiger partial charge in [-0.1, -0.05) is 32.5 Å². The van der Waals surface area contributed by atoms with Gasteiger partial charge in [0, 0.05) is 31.6 Å². The predicted molar refractivity (Wildman–Crippen MR) is 121 cm³/mol. The van der Waals surface area contributed by atoms with Gasteiger partial charge in [-0.25, -0.2) is 19.2 Å². The van der Waals surface area contributed by atoms with Gasteiger partial charge < -0.3 is 5.32 Å². The van der Waals surface area contributed by atoms with Crippen molar-refractivity contribution in [3.05, 3.63) is 60.8 Å². The molecule has 33 heavy (non-hydrogen) atoms. The van der Waals surface area contributed by atoms with Crippen molar-refractivity contribution in [2.75, 3.05) is 11.1 Å². The third-order valence-electron chi connectivity index (χ3n) is 4.71. The predicted octanol–water partition coefficient (Wildman–Crippen LogP) is 2.10. The number of thioether (sulfide) groups is 1. The fourth-order valence-corrected chi connectivity index (χ4v) is 3.73. The summed E-state index contributed by atoms with van der Waals surface area (Å²) in [4.78, 5) is 56.7. The minimum absolute atomic E-state index is 0.0759. The van der Waals surface area contributed by atoms with Gasteiger partial charge in [0.1, 0.15) is 22.1 Å². The fourth-order valence-electron chi connectivity index (χ4n) is 2.91. The number of aromatic nitrogens is 4. The fraction of sp³-hybridized carbons (Fsp3) is 0.350. The Morgan fingerprint density at radius 2 is 1.88 bits per heavy atom. The molecule has 1 N–H and O–H groups in total. The normalized spacial score (nSPS) is 11.6. The number of carbonyl (C=O) groups excluding carboxylic acids is 1. The number of aryl methyl sites for hydroxylation is 1. The first kappa shape index (κ1) is 24.0. The largest absolute Gasteiger partial charge is 0.332 e. The molecule has 174 valence electrons. The van der Waals surface area contributed by atoms with E-state index in [1.807, 2.05) is 20.8 Å². The van der Waals surface area contributed by atoms with E-state index in [1.165, 1.54) is 18.7 Å². The molecule has 1 aromatic carbocycles. The van der Waals surface area contributed by atoms with Gasteiger partial charge in [-0.3, -0.25) is 28.8 Å². The molecular formula is C20H21FN6O5S. The number of hydrogen-bond acceptors (Lipinski definition) is 8. The topological polar surface area (TPSA) is 142 Å². The van der Waals surface area contributed by atoms with Crippen LogP contribution in [-0.4, -0.2) is 35.7 Å². The van der Waals surface area contributed by atoms with Crippen molar-refractivity contribution in [1.29, 1.82) is 0 Å². The van der Waals surface area contributed by atoms with Crippen molar-refractivity contribution in [3.63, 3.8) is 0 Å². The molecule has 11 nitrogen and oxygen atoms in total. The molecule has 13 heteroatoms. The summed E-state index contributed by atoms with van der Waals surface area (Å²) >= 11 is 0.913. The molecule has 1 amide bonds. The lowest BCUT2D eigenvalue weighted by Crippen LogP contribution is -2.38. The van der Waals surface area contributed by atoms with Gasteiger partial charge in [-0.05, 0) is 6.07 Å². The van der Waals surface area contributed by atoms with Crippen LogP contribution in [0.15, 0.2) is 32.8 Å². The number of benzene rings is 1. The quantitative estimate of drug-likeness (QED) is 0.255. The number of nitrogens with zero attached hydrogens (tertiary/aromatic N) is 5. The molecule has 0 aliphatic carbocycles. The molecule has 0 radical (unpaired) electrons. The second kappa shape index (κ2) is 8.73. The van der Waals surface area contributed by atoms with E-state index < -0.39 is 33.3 Å². The molecule has 2 heterocycles. The van der Waals surface area contributed by atoms with Gasteiger partial charge in [0.2, 0.25) is 5.91 Å². The van der Waals surface area contributed by atoms with E-state index >= 15 is 0 Å². The molecule has 0 bridgehead atoms. The second-order valence-corrected chi connectivity index (χ2v) is 9.23. The molecule has 0 fully saturated rings. The van der Waals surface area contributed by atoms with Gasteiger partial charge in [0.15, 0.2) is 5.65 Å². The van der Waals surface area contributed by atoms with E-state index in [0.29, 0.717) is 5.82 Å². The van der Waals surface area contributed by atoms with Crippen molar-refractivity contribution in [2.24, 2.45) is 14.1 Å². The minimum Gasteiger partial charge on any atom is -0.323 e. The van der Waals surface area contributed by atoms with Crippen molar-refractivity contribution in [3.8, 4) is 0 Å². The van der Waals surface area contributed by atoms with Crippen molar-refractivity contribution in [2.45, 2.75) is 31.2 Å². The number of fused-ring (bicyclic) bond motifs is 1. The molecule has 0 atom stereocenters. The summed E-state index contributed by atoms with van der Waals surface area (Å²) in [7, 11) is 2.81. The SMILES string of the molecule is Cn1c(=O)c2c(SCC(=O)Nc3cc([N+](=O)[O-])ccc3F)nc(C(C)(C)C)nc2n(C)c1=O. The van der Waals surface area contributed by atoms with E-state index in [4.69, 9.17) is 0 Å². The van der Waals surface area contributed by atoms with Crippen LogP contribution in [0.5, 0.6) is 0 Å². The van der Waals surface area contributed by atoms with E-state index in [-0.39, 0.29) is 33.2 Å². The lowest BCUT2D eigenvalue weighted by molar-refractivity contribution is -0.384. The first-order valence-electron chi connectivity index (χ1n) is 9.66. The molecule has 0 unspecified atom stereocenters. The zero-order chi connectivity index (χ0) is 24.7. The number of carbonyl (C=O) groups is 1. The monoisotopic (exact) mass is 476 g/mol. The Balaban J connectivity index is 2.00. The number of rotatable bonds is 5. The van der Waals surface area contributed by atoms with Crippen molar-refractivity contribution in [1.82, 2.24) is 19.1 Å². The van der Waals surface area contributed by atoms with Gasteiger partial charge in [-0.15, -0.1) is 0 Å². The van der Waals surface area contributed by atoms with Crippen LogP contribution in [0.1, 0.15) is 26.6 Å². The zero-order valence-electron chi connectivity index (χ0n) is 18.5. The highest BCUT2D eigenvalue weighted by molar-refractivity contribution is 8.00. The molecule has 0 aliphatic rings. The first-order chi connectivity index (χ1) is 15.3. The van der Waals surface area contributed by atoms with Gasteiger partial charge >= 0.3 is 5.69 Å². The van der Waals surface area contributed by atoms with Crippen molar-refractivity contribution < 1.29 is 14.1 Å². The number of halogens is 1. The molecule has 3 rings (SSSR count). The van der Waals surface area contributed by atoms with Crippen LogP contribution >= 0.6 is 11.8 Å². The van der Waals surface area contributed by atoms with Crippen LogP contribution < -0.4 is 16.6 Å². The van der Waals surface area contributed by atoms with E-state index in [9.17, 15) is 28.9 Å². The van der Waals surface area contributed by atoms with Gasteiger partial charge in [-0.2, -0.15) is 0 Å². The van der Waals surface area contributed by atoms with E-state index in [0.717, 1.165) is 34.5 Å². The lowest BCUT2D eigenvalue weighted by Gasteiger charge is -2.19. The Bertz CT molecular complexity index is 1410. The second-order valence-electron chi connectivity index (χ2n) is 8.26. The smallest absolute Gasteiger partial charge is 0.323 e. The maximum Gasteiger partial charge on any atom is 0.332 e. The molecule has 3 aromatic rings. The molecule has 0 aliphatic heterocycles. The molecule has 0 saturated carbocycles. The zero-order valence-corrected chi connectivity index (χ0v) is 19.3. The lowest BCUT2D eigenvalue weighted by atomic mass is 9.96. The number of amides is 1. The summed E-state index contributed by atoms with van der Waals surface area (Å²) in [5.74, 6) is -1.40. The van der Waals surface area contributed by atoms with E-state index in [1.54, 1.807) is 0 Å². The molecule has 2 aromatic heterocycles. The van der Waals surface area contributed by atoms with Gasteiger partial charge in [0.25, 0.3) is 11.2 Å². The molecule has 0 spiro atoms. The number of nitro benzene ring substituents is 1. The Hall–Kier alpha value is -3.61. The van der Waals surface area contributed by atoms with Crippen LogP contribution in [0.3, 0.4) is 0 Å². The Morgan fingerprint density at radius 1 is 1.21 bits per heavy atom. The highest BCUT2D eigenvalue weighted by atomic mass is 32.2. The number of nitro groups is 1. The van der Waals surface area contributed by atoms with Crippen molar-refractivity contribution >= 4 is 40.1 Å². The summed E-state index contributed by atoms with van der Waals surface area (Å²) in [5.41, 5.74) is -2.26. The average Bonchev–Trinajstić information content (AvgIpc) is 2.74. The number of hydrogen-bond donors (Lipinski definition) is 1. The highest BCUT2D eigenvalue weighted by Crippen LogP contribution is 2.27. The summed E-state index contributed by atoms with van der Waals surface area (Å²) in [5, 5.41) is 13.5. The number of anilines is 1. The van der Waals surface area contributed by atoms with Crippen LogP contribution in [0, 0.1) is 15.9 Å². The molecule has 0 saturated heterocycles. The summed E-state index contributed by atoms with van der Waals surface area (Å²) in [6.07, 6.45) is 0. The third-order valence-corrected chi connectivity index (χ3v) is 5.69. The number of nitrogens with one attached hydrogen (secondary N) is 1. The maximum atomic E-state index is 14.0. The van der Waals surface area contributed by atoms with E-state index in [2.05, 4.69) is 15.3 Å². The summed E-state index contributed by atoms with van der Waals surface area (Å²) < 4.78 is 16.1. The maximum absolute atomic E-state index is 14.0. The Kier molecular flexibility index (Phi) is 6.36. The molecular weight excluding hydrogens is 455 g/mol. The standard InChI is InChI=1S/C20H21FN6O5S/c1-20(2,3)18-23-15-14(17(29)26(5)19(30)25(15)4)16(24-18)33-9-13(28)22-12-8-10(27(31)32)6-7-11(12)21/h6-8H,9H2,1-5H3,(H,22,28). The minimum atomic E-state index is -0.828. The Labute approximate surface area is 190 Å². The third kappa shape index (κ3) is 4.77. The van der Waals surface area contributed by atoms with Crippen LogP contribution in [-0.2, 0) is 24.3 Å².